The van der Waals surface area contributed by atoms with Crippen LogP contribution >= 0.6 is 23.2 Å². The van der Waals surface area contributed by atoms with Gasteiger partial charge < -0.3 is 10.1 Å². The van der Waals surface area contributed by atoms with Crippen molar-refractivity contribution in [1.82, 2.24) is 0 Å². The lowest BCUT2D eigenvalue weighted by Gasteiger charge is -2.12. The SMILES string of the molecule is CCCOc1ccc(Cl)cc1C(=O)Nc1ccc(C)cc1Cl. The summed E-state index contributed by atoms with van der Waals surface area (Å²) in [5.41, 5.74) is 1.97. The van der Waals surface area contributed by atoms with E-state index in [0.29, 0.717) is 33.7 Å². The second kappa shape index (κ2) is 7.52. The van der Waals surface area contributed by atoms with Gasteiger partial charge >= 0.3 is 0 Å². The lowest BCUT2D eigenvalue weighted by Crippen LogP contribution is -2.14. The zero-order chi connectivity index (χ0) is 16.1. The molecule has 0 saturated heterocycles. The molecule has 0 aliphatic rings. The van der Waals surface area contributed by atoms with Crippen molar-refractivity contribution in [3.05, 3.63) is 57.6 Å². The van der Waals surface area contributed by atoms with Crippen molar-refractivity contribution in [1.29, 1.82) is 0 Å². The molecule has 0 aromatic heterocycles. The number of aryl methyl sites for hydroxylation is 1. The highest BCUT2D eigenvalue weighted by atomic mass is 35.5. The Morgan fingerprint density at radius 3 is 2.64 bits per heavy atom. The van der Waals surface area contributed by atoms with Crippen LogP contribution in [0.2, 0.25) is 10.0 Å². The highest BCUT2D eigenvalue weighted by molar-refractivity contribution is 6.34. The number of anilines is 1. The monoisotopic (exact) mass is 337 g/mol. The number of ether oxygens (including phenoxy) is 1. The second-order valence-electron chi connectivity index (χ2n) is 4.93. The van der Waals surface area contributed by atoms with Gasteiger partial charge in [0, 0.05) is 5.02 Å². The molecule has 0 fully saturated rings. The topological polar surface area (TPSA) is 38.3 Å². The van der Waals surface area contributed by atoms with E-state index in [1.807, 2.05) is 19.9 Å². The van der Waals surface area contributed by atoms with Crippen LogP contribution in [0.15, 0.2) is 36.4 Å². The highest BCUT2D eigenvalue weighted by Gasteiger charge is 2.15. The first-order chi connectivity index (χ1) is 10.5. The normalized spacial score (nSPS) is 10.4. The Bertz CT molecular complexity index is 686. The summed E-state index contributed by atoms with van der Waals surface area (Å²) in [5, 5.41) is 3.76. The van der Waals surface area contributed by atoms with Crippen LogP contribution in [0, 0.1) is 6.92 Å². The highest BCUT2D eigenvalue weighted by Crippen LogP contribution is 2.27. The third-order valence-corrected chi connectivity index (χ3v) is 3.57. The Morgan fingerprint density at radius 2 is 1.95 bits per heavy atom. The number of carbonyl (C=O) groups excluding carboxylic acids is 1. The van der Waals surface area contributed by atoms with Crippen LogP contribution in [0.25, 0.3) is 0 Å². The van der Waals surface area contributed by atoms with E-state index in [2.05, 4.69) is 5.32 Å². The number of benzene rings is 2. The second-order valence-corrected chi connectivity index (χ2v) is 5.77. The van der Waals surface area contributed by atoms with Crippen molar-refractivity contribution >= 4 is 34.8 Å². The van der Waals surface area contributed by atoms with Crippen molar-refractivity contribution in [3.8, 4) is 5.75 Å². The van der Waals surface area contributed by atoms with Gasteiger partial charge in [0.05, 0.1) is 22.9 Å². The average molecular weight is 338 g/mol. The van der Waals surface area contributed by atoms with Gasteiger partial charge in [0.2, 0.25) is 0 Å². The van der Waals surface area contributed by atoms with E-state index in [4.69, 9.17) is 27.9 Å². The van der Waals surface area contributed by atoms with Crippen molar-refractivity contribution in [2.75, 3.05) is 11.9 Å². The van der Waals surface area contributed by atoms with Gasteiger partial charge in [0.15, 0.2) is 0 Å². The molecule has 0 unspecified atom stereocenters. The zero-order valence-corrected chi connectivity index (χ0v) is 14.0. The largest absolute Gasteiger partial charge is 0.493 e. The molecule has 22 heavy (non-hydrogen) atoms. The Labute approximate surface area is 140 Å². The van der Waals surface area contributed by atoms with E-state index in [1.165, 1.54) is 0 Å². The minimum absolute atomic E-state index is 0.306. The molecule has 2 aromatic carbocycles. The number of halogens is 2. The fraction of sp³-hybridized carbons (Fsp3) is 0.235. The molecule has 0 radical (unpaired) electrons. The predicted molar refractivity (Wildman–Crippen MR) is 91.4 cm³/mol. The van der Waals surface area contributed by atoms with E-state index in [-0.39, 0.29) is 5.91 Å². The van der Waals surface area contributed by atoms with Gasteiger partial charge in [-0.3, -0.25) is 4.79 Å². The van der Waals surface area contributed by atoms with Crippen LogP contribution in [0.1, 0.15) is 29.3 Å². The van der Waals surface area contributed by atoms with E-state index in [0.717, 1.165) is 12.0 Å². The van der Waals surface area contributed by atoms with Crippen molar-refractivity contribution in [2.24, 2.45) is 0 Å². The Balaban J connectivity index is 2.26. The summed E-state index contributed by atoms with van der Waals surface area (Å²) in [6.45, 7) is 4.47. The number of nitrogens with one attached hydrogen (secondary N) is 1. The van der Waals surface area contributed by atoms with Gasteiger partial charge in [-0.1, -0.05) is 36.2 Å². The van der Waals surface area contributed by atoms with E-state index < -0.39 is 0 Å². The van der Waals surface area contributed by atoms with Crippen LogP contribution in [-0.4, -0.2) is 12.5 Å². The summed E-state index contributed by atoms with van der Waals surface area (Å²) in [4.78, 5) is 12.5. The molecule has 1 amide bonds. The molecule has 3 nitrogen and oxygen atoms in total. The Kier molecular flexibility index (Phi) is 5.69. The van der Waals surface area contributed by atoms with Gasteiger partial charge in [0.1, 0.15) is 5.75 Å². The molecule has 2 aromatic rings. The zero-order valence-electron chi connectivity index (χ0n) is 12.5. The molecule has 0 saturated carbocycles. The lowest BCUT2D eigenvalue weighted by molar-refractivity contribution is 0.102. The third-order valence-electron chi connectivity index (χ3n) is 3.02. The van der Waals surface area contributed by atoms with E-state index in [1.54, 1.807) is 30.3 Å². The van der Waals surface area contributed by atoms with Crippen LogP contribution in [0.5, 0.6) is 5.75 Å². The molecular weight excluding hydrogens is 321 g/mol. The minimum Gasteiger partial charge on any atom is -0.493 e. The van der Waals surface area contributed by atoms with Gasteiger partial charge in [-0.2, -0.15) is 0 Å². The summed E-state index contributed by atoms with van der Waals surface area (Å²) in [7, 11) is 0. The summed E-state index contributed by atoms with van der Waals surface area (Å²) >= 11 is 12.1. The third kappa shape index (κ3) is 4.15. The lowest BCUT2D eigenvalue weighted by atomic mass is 10.1. The molecule has 0 aliphatic carbocycles. The van der Waals surface area contributed by atoms with Gasteiger partial charge in [-0.25, -0.2) is 0 Å². The van der Waals surface area contributed by atoms with Gasteiger partial charge in [0.25, 0.3) is 5.91 Å². The number of hydrogen-bond acceptors (Lipinski definition) is 2. The first kappa shape index (κ1) is 16.7. The fourth-order valence-corrected chi connectivity index (χ4v) is 2.38. The molecule has 0 bridgehead atoms. The van der Waals surface area contributed by atoms with Crippen molar-refractivity contribution < 1.29 is 9.53 Å². The Morgan fingerprint density at radius 1 is 1.18 bits per heavy atom. The summed E-state index contributed by atoms with van der Waals surface area (Å²) in [6.07, 6.45) is 0.855. The first-order valence-corrected chi connectivity index (χ1v) is 7.76. The maximum atomic E-state index is 12.5. The standard InChI is InChI=1S/C17H17Cl2NO2/c1-3-8-22-16-7-5-12(18)10-13(16)17(21)20-15-6-4-11(2)9-14(15)19/h4-7,9-10H,3,8H2,1-2H3,(H,20,21). The van der Waals surface area contributed by atoms with Crippen molar-refractivity contribution in [2.45, 2.75) is 20.3 Å². The molecular formula is C17H17Cl2NO2. The summed E-state index contributed by atoms with van der Waals surface area (Å²) in [6, 6.07) is 10.4. The molecule has 5 heteroatoms. The Hall–Kier alpha value is -1.71. The fourth-order valence-electron chi connectivity index (χ4n) is 1.93. The molecule has 1 N–H and O–H groups in total. The number of amides is 1. The first-order valence-electron chi connectivity index (χ1n) is 7.01. The minimum atomic E-state index is -0.306. The maximum absolute atomic E-state index is 12.5. The molecule has 2 rings (SSSR count). The van der Waals surface area contributed by atoms with E-state index >= 15 is 0 Å². The molecule has 116 valence electrons. The van der Waals surface area contributed by atoms with Crippen LogP contribution in [0.4, 0.5) is 5.69 Å². The summed E-state index contributed by atoms with van der Waals surface area (Å²) < 4.78 is 5.60. The number of hydrogen-bond donors (Lipinski definition) is 1. The molecule has 0 heterocycles. The maximum Gasteiger partial charge on any atom is 0.259 e. The van der Waals surface area contributed by atoms with E-state index in [9.17, 15) is 4.79 Å². The van der Waals surface area contributed by atoms with Gasteiger partial charge in [-0.05, 0) is 49.2 Å². The van der Waals surface area contributed by atoms with Gasteiger partial charge in [-0.15, -0.1) is 0 Å². The average Bonchev–Trinajstić information content (AvgIpc) is 2.48. The molecule has 0 aliphatic heterocycles. The molecule has 0 atom stereocenters. The number of carbonyl (C=O) groups is 1. The number of rotatable bonds is 5. The predicted octanol–water partition coefficient (Wildman–Crippen LogP) is 5.34. The van der Waals surface area contributed by atoms with Crippen LogP contribution < -0.4 is 10.1 Å². The van der Waals surface area contributed by atoms with Crippen LogP contribution in [0.3, 0.4) is 0 Å². The smallest absolute Gasteiger partial charge is 0.259 e. The quantitative estimate of drug-likeness (QED) is 0.799. The summed E-state index contributed by atoms with van der Waals surface area (Å²) in [5.74, 6) is 0.200. The van der Waals surface area contributed by atoms with Crippen molar-refractivity contribution in [3.63, 3.8) is 0 Å². The van der Waals surface area contributed by atoms with Crippen LogP contribution in [-0.2, 0) is 0 Å². The molecule has 0 spiro atoms.